The summed E-state index contributed by atoms with van der Waals surface area (Å²) in [6.07, 6.45) is 1.15. The van der Waals surface area contributed by atoms with Crippen molar-refractivity contribution in [1.82, 2.24) is 9.88 Å². The second kappa shape index (κ2) is 6.64. The Hall–Kier alpha value is -1.45. The molecule has 0 unspecified atom stereocenters. The van der Waals surface area contributed by atoms with Crippen LogP contribution in [0.3, 0.4) is 0 Å². The third kappa shape index (κ3) is 3.52. The normalized spacial score (nSPS) is 11.4. The lowest BCUT2D eigenvalue weighted by Crippen LogP contribution is -2.29. The third-order valence-electron chi connectivity index (χ3n) is 3.31. The number of fused-ring (bicyclic) bond motifs is 1. The molecule has 0 bridgehead atoms. The molecule has 0 saturated heterocycles. The SMILES string of the molecule is CCCN(CCN)Cc1cc(C)nc2ccccc12. The molecule has 0 fully saturated rings. The molecule has 2 aromatic rings. The lowest BCUT2D eigenvalue weighted by atomic mass is 10.1. The van der Waals surface area contributed by atoms with Crippen molar-refractivity contribution in [3.63, 3.8) is 0 Å². The molecule has 3 heteroatoms. The van der Waals surface area contributed by atoms with Gasteiger partial charge in [0.1, 0.15) is 0 Å². The van der Waals surface area contributed by atoms with Crippen molar-refractivity contribution in [3.05, 3.63) is 41.6 Å². The van der Waals surface area contributed by atoms with Crippen molar-refractivity contribution in [3.8, 4) is 0 Å². The van der Waals surface area contributed by atoms with E-state index in [0.717, 1.165) is 37.3 Å². The molecule has 0 radical (unpaired) electrons. The van der Waals surface area contributed by atoms with Gasteiger partial charge in [-0.15, -0.1) is 0 Å². The largest absolute Gasteiger partial charge is 0.329 e. The molecular formula is C16H23N3. The highest BCUT2D eigenvalue weighted by Gasteiger charge is 2.08. The molecule has 2 rings (SSSR count). The van der Waals surface area contributed by atoms with E-state index in [2.05, 4.69) is 48.0 Å². The first-order valence-electron chi connectivity index (χ1n) is 7.02. The molecule has 1 aromatic carbocycles. The van der Waals surface area contributed by atoms with Crippen LogP contribution in [0.2, 0.25) is 0 Å². The Morgan fingerprint density at radius 2 is 2.00 bits per heavy atom. The highest BCUT2D eigenvalue weighted by molar-refractivity contribution is 5.82. The van der Waals surface area contributed by atoms with Crippen molar-refractivity contribution in [1.29, 1.82) is 0 Å². The Bertz CT molecular complexity index is 531. The fraction of sp³-hybridized carbons (Fsp3) is 0.438. The summed E-state index contributed by atoms with van der Waals surface area (Å²) in [7, 11) is 0. The molecule has 19 heavy (non-hydrogen) atoms. The van der Waals surface area contributed by atoms with Crippen LogP contribution < -0.4 is 5.73 Å². The number of nitrogens with zero attached hydrogens (tertiary/aromatic N) is 2. The number of rotatable bonds is 6. The number of nitrogens with two attached hydrogens (primary N) is 1. The van der Waals surface area contributed by atoms with Gasteiger partial charge in [0.05, 0.1) is 5.52 Å². The highest BCUT2D eigenvalue weighted by atomic mass is 15.1. The number of aromatic nitrogens is 1. The van der Waals surface area contributed by atoms with E-state index in [4.69, 9.17) is 5.73 Å². The fourth-order valence-electron chi connectivity index (χ4n) is 2.54. The van der Waals surface area contributed by atoms with Gasteiger partial charge in [-0.3, -0.25) is 9.88 Å². The van der Waals surface area contributed by atoms with E-state index in [1.54, 1.807) is 0 Å². The minimum absolute atomic E-state index is 0.710. The molecule has 3 nitrogen and oxygen atoms in total. The maximum atomic E-state index is 5.70. The molecule has 0 aliphatic carbocycles. The Morgan fingerprint density at radius 1 is 1.21 bits per heavy atom. The minimum Gasteiger partial charge on any atom is -0.329 e. The minimum atomic E-state index is 0.710. The maximum Gasteiger partial charge on any atom is 0.0708 e. The van der Waals surface area contributed by atoms with Gasteiger partial charge in [0, 0.05) is 30.7 Å². The van der Waals surface area contributed by atoms with E-state index in [-0.39, 0.29) is 0 Å². The number of pyridine rings is 1. The van der Waals surface area contributed by atoms with E-state index in [1.165, 1.54) is 10.9 Å². The number of hydrogen-bond donors (Lipinski definition) is 1. The maximum absolute atomic E-state index is 5.70. The van der Waals surface area contributed by atoms with E-state index in [0.29, 0.717) is 6.54 Å². The van der Waals surface area contributed by atoms with Gasteiger partial charge in [-0.25, -0.2) is 0 Å². The Kier molecular flexibility index (Phi) is 4.88. The van der Waals surface area contributed by atoms with Crippen molar-refractivity contribution in [2.45, 2.75) is 26.8 Å². The number of hydrogen-bond acceptors (Lipinski definition) is 3. The summed E-state index contributed by atoms with van der Waals surface area (Å²) in [5.74, 6) is 0. The first-order chi connectivity index (χ1) is 9.24. The van der Waals surface area contributed by atoms with Crippen LogP contribution in [-0.4, -0.2) is 29.5 Å². The monoisotopic (exact) mass is 257 g/mol. The van der Waals surface area contributed by atoms with Crippen LogP contribution in [0.4, 0.5) is 0 Å². The van der Waals surface area contributed by atoms with Gasteiger partial charge < -0.3 is 5.73 Å². The molecule has 0 amide bonds. The van der Waals surface area contributed by atoms with Crippen LogP contribution in [0.15, 0.2) is 30.3 Å². The molecule has 1 heterocycles. The topological polar surface area (TPSA) is 42.1 Å². The van der Waals surface area contributed by atoms with Gasteiger partial charge in [-0.2, -0.15) is 0 Å². The smallest absolute Gasteiger partial charge is 0.0708 e. The summed E-state index contributed by atoms with van der Waals surface area (Å²) >= 11 is 0. The first-order valence-corrected chi connectivity index (χ1v) is 7.02. The second-order valence-electron chi connectivity index (χ2n) is 5.00. The molecular weight excluding hydrogens is 234 g/mol. The molecule has 102 valence electrons. The lowest BCUT2D eigenvalue weighted by Gasteiger charge is -2.22. The zero-order valence-corrected chi connectivity index (χ0v) is 11.9. The van der Waals surface area contributed by atoms with E-state index in [1.807, 2.05) is 6.07 Å². The lowest BCUT2D eigenvalue weighted by molar-refractivity contribution is 0.274. The number of para-hydroxylation sites is 1. The standard InChI is InChI=1S/C16H23N3/c1-3-9-19(10-8-17)12-14-11-13(2)18-16-7-5-4-6-15(14)16/h4-7,11H,3,8-10,12,17H2,1-2H3. The van der Waals surface area contributed by atoms with Gasteiger partial charge in [0.15, 0.2) is 0 Å². The van der Waals surface area contributed by atoms with Crippen LogP contribution in [-0.2, 0) is 6.54 Å². The van der Waals surface area contributed by atoms with Crippen molar-refractivity contribution in [2.24, 2.45) is 5.73 Å². The summed E-state index contributed by atoms with van der Waals surface area (Å²) in [6.45, 7) is 7.97. The summed E-state index contributed by atoms with van der Waals surface area (Å²) < 4.78 is 0. The first kappa shape index (κ1) is 14.0. The van der Waals surface area contributed by atoms with E-state index in [9.17, 15) is 0 Å². The number of aryl methyl sites for hydroxylation is 1. The predicted octanol–water partition coefficient (Wildman–Crippen LogP) is 2.71. The summed E-state index contributed by atoms with van der Waals surface area (Å²) in [5.41, 5.74) is 9.22. The van der Waals surface area contributed by atoms with Gasteiger partial charge >= 0.3 is 0 Å². The molecule has 0 saturated carbocycles. The van der Waals surface area contributed by atoms with Crippen LogP contribution >= 0.6 is 0 Å². The summed E-state index contributed by atoms with van der Waals surface area (Å²) in [4.78, 5) is 7.01. The van der Waals surface area contributed by atoms with Crippen LogP contribution in [0.25, 0.3) is 10.9 Å². The van der Waals surface area contributed by atoms with Crippen LogP contribution in [0, 0.1) is 6.92 Å². The molecule has 2 N–H and O–H groups in total. The molecule has 0 atom stereocenters. The Labute approximate surface area is 115 Å². The summed E-state index contributed by atoms with van der Waals surface area (Å²) in [6, 6.07) is 10.6. The predicted molar refractivity (Wildman–Crippen MR) is 81.1 cm³/mol. The molecule has 0 aliphatic rings. The quantitative estimate of drug-likeness (QED) is 0.865. The van der Waals surface area contributed by atoms with Gasteiger partial charge in [-0.1, -0.05) is 25.1 Å². The van der Waals surface area contributed by atoms with E-state index < -0.39 is 0 Å². The van der Waals surface area contributed by atoms with Gasteiger partial charge in [0.2, 0.25) is 0 Å². The van der Waals surface area contributed by atoms with Gasteiger partial charge in [-0.05, 0) is 37.6 Å². The molecule has 0 aliphatic heterocycles. The zero-order chi connectivity index (χ0) is 13.7. The average molecular weight is 257 g/mol. The summed E-state index contributed by atoms with van der Waals surface area (Å²) in [5, 5.41) is 1.26. The van der Waals surface area contributed by atoms with Crippen LogP contribution in [0.5, 0.6) is 0 Å². The Morgan fingerprint density at radius 3 is 2.74 bits per heavy atom. The second-order valence-corrected chi connectivity index (χ2v) is 5.00. The van der Waals surface area contributed by atoms with Crippen LogP contribution in [0.1, 0.15) is 24.6 Å². The molecule has 0 spiro atoms. The average Bonchev–Trinajstić information content (AvgIpc) is 2.39. The van der Waals surface area contributed by atoms with Crippen molar-refractivity contribution < 1.29 is 0 Å². The highest BCUT2D eigenvalue weighted by Crippen LogP contribution is 2.19. The van der Waals surface area contributed by atoms with Crippen molar-refractivity contribution >= 4 is 10.9 Å². The fourth-order valence-corrected chi connectivity index (χ4v) is 2.54. The Balaban J connectivity index is 2.32. The van der Waals surface area contributed by atoms with Gasteiger partial charge in [0.25, 0.3) is 0 Å². The zero-order valence-electron chi connectivity index (χ0n) is 11.9. The number of benzene rings is 1. The van der Waals surface area contributed by atoms with E-state index >= 15 is 0 Å². The molecule has 1 aromatic heterocycles. The van der Waals surface area contributed by atoms with Crippen molar-refractivity contribution in [2.75, 3.05) is 19.6 Å². The third-order valence-corrected chi connectivity index (χ3v) is 3.31.